The van der Waals surface area contributed by atoms with Crippen LogP contribution in [0.5, 0.6) is 5.88 Å². The number of halogens is 2. The van der Waals surface area contributed by atoms with Crippen LogP contribution in [-0.4, -0.2) is 95.7 Å². The fraction of sp³-hybridized carbons (Fsp3) is 0.556. The van der Waals surface area contributed by atoms with Crippen molar-refractivity contribution < 1.29 is 45.9 Å². The van der Waals surface area contributed by atoms with Crippen LogP contribution in [0, 0.1) is 11.8 Å². The number of alkyl halides is 2. The zero-order valence-electron chi connectivity index (χ0n) is 29.0. The van der Waals surface area contributed by atoms with Gasteiger partial charge in [0.15, 0.2) is 6.61 Å². The zero-order valence-corrected chi connectivity index (χ0v) is 29.8. The van der Waals surface area contributed by atoms with Crippen molar-refractivity contribution in [2.75, 3.05) is 19.7 Å². The van der Waals surface area contributed by atoms with Gasteiger partial charge in [-0.15, -0.1) is 0 Å². The molecule has 2 aliphatic carbocycles. The molecule has 3 N–H and O–H groups in total. The van der Waals surface area contributed by atoms with Crippen molar-refractivity contribution in [3.05, 3.63) is 54.3 Å². The van der Waals surface area contributed by atoms with E-state index < -0.39 is 81.1 Å². The summed E-state index contributed by atoms with van der Waals surface area (Å²) in [6, 6.07) is 5.86. The highest BCUT2D eigenvalue weighted by Gasteiger charge is 2.62. The quantitative estimate of drug-likeness (QED) is 0.393. The van der Waals surface area contributed by atoms with E-state index in [1.165, 1.54) is 11.0 Å². The van der Waals surface area contributed by atoms with E-state index in [-0.39, 0.29) is 44.7 Å². The number of cyclic esters (lactones) is 1. The Kier molecular flexibility index (Phi) is 10.1. The van der Waals surface area contributed by atoms with Gasteiger partial charge in [0, 0.05) is 12.5 Å². The molecule has 4 bridgehead atoms. The summed E-state index contributed by atoms with van der Waals surface area (Å²) in [5.74, 6) is -6.95. The minimum atomic E-state index is -3.92. The van der Waals surface area contributed by atoms with E-state index in [0.717, 1.165) is 0 Å². The van der Waals surface area contributed by atoms with Gasteiger partial charge in [-0.3, -0.25) is 19.1 Å². The van der Waals surface area contributed by atoms with E-state index in [1.807, 2.05) is 12.2 Å². The van der Waals surface area contributed by atoms with Gasteiger partial charge in [0.1, 0.15) is 23.4 Å². The minimum Gasteiger partial charge on any atom is -0.470 e. The Bertz CT molecular complexity index is 1960. The molecule has 5 atom stereocenters. The molecule has 1 saturated heterocycles. The lowest BCUT2D eigenvalue weighted by Crippen LogP contribution is -2.55. The van der Waals surface area contributed by atoms with Crippen molar-refractivity contribution in [3.63, 3.8) is 0 Å². The molecule has 0 radical (unpaired) electrons. The maximum atomic E-state index is 14.7. The highest BCUT2D eigenvalue weighted by atomic mass is 32.2. The summed E-state index contributed by atoms with van der Waals surface area (Å²) in [6.07, 6.45) is 7.38. The molecular weight excluding hydrogens is 714 g/mol. The number of nitrogens with zero attached hydrogens (tertiary/aromatic N) is 3. The van der Waals surface area contributed by atoms with Gasteiger partial charge in [-0.25, -0.2) is 23.2 Å². The number of carbonyl (C=O) groups excluding carboxylic acids is 4. The molecule has 7 rings (SSSR count). The number of ether oxygens (including phenoxy) is 2. The van der Waals surface area contributed by atoms with Crippen LogP contribution in [0.15, 0.2) is 48.6 Å². The Hall–Kier alpha value is -4.67. The summed E-state index contributed by atoms with van der Waals surface area (Å²) in [6.45, 7) is -1.54. The molecule has 14 nitrogen and oxygen atoms in total. The molecule has 1 aromatic heterocycles. The first kappa shape index (κ1) is 36.7. The van der Waals surface area contributed by atoms with E-state index in [9.17, 15) is 36.4 Å². The van der Waals surface area contributed by atoms with Crippen molar-refractivity contribution in [3.8, 4) is 5.88 Å². The molecule has 53 heavy (non-hydrogen) atoms. The molecule has 1 unspecified atom stereocenters. The van der Waals surface area contributed by atoms with Crippen molar-refractivity contribution >= 4 is 44.9 Å². The van der Waals surface area contributed by atoms with E-state index in [2.05, 4.69) is 25.3 Å². The topological polar surface area (TPSA) is 186 Å². The SMILES string of the molecule is O=C1N[C@H]2CCCCC/C=C/[C@@H]3C[C@]3(C(=O)NS(=O)(=O)C3CC3)NC(=O)C3CN(C[C@@H]3Oc3nc4ccccc4nc3CC/C=C/C(F)(F)CO1)C2=O. The Morgan fingerprint density at radius 1 is 0.981 bits per heavy atom. The maximum absolute atomic E-state index is 14.7. The first-order chi connectivity index (χ1) is 25.3. The number of hydrogen-bond donors (Lipinski definition) is 3. The van der Waals surface area contributed by atoms with Crippen LogP contribution >= 0.6 is 0 Å². The van der Waals surface area contributed by atoms with Gasteiger partial charge in [0.25, 0.3) is 11.8 Å². The third-order valence-corrected chi connectivity index (χ3v) is 12.2. The second-order valence-corrected chi connectivity index (χ2v) is 16.4. The predicted octanol–water partition coefficient (Wildman–Crippen LogP) is 3.07. The summed E-state index contributed by atoms with van der Waals surface area (Å²) < 4.78 is 68.5. The van der Waals surface area contributed by atoms with Crippen molar-refractivity contribution in [1.82, 2.24) is 30.2 Å². The third kappa shape index (κ3) is 8.29. The number of nitrogens with one attached hydrogen (secondary N) is 3. The lowest BCUT2D eigenvalue weighted by atomic mass is 10.0. The van der Waals surface area contributed by atoms with Gasteiger partial charge in [-0.2, -0.15) is 8.78 Å². The molecule has 3 fully saturated rings. The third-order valence-electron chi connectivity index (χ3n) is 10.4. The normalized spacial score (nSPS) is 30.8. The number of sulfonamides is 1. The molecule has 3 aliphatic heterocycles. The highest BCUT2D eigenvalue weighted by Crippen LogP contribution is 2.46. The molecular formula is C36H42F2N6O8S. The average Bonchev–Trinajstić information content (AvgIpc) is 4.04. The van der Waals surface area contributed by atoms with Crippen LogP contribution in [0.25, 0.3) is 11.0 Å². The second kappa shape index (κ2) is 14.6. The van der Waals surface area contributed by atoms with Crippen molar-refractivity contribution in [1.29, 1.82) is 0 Å². The first-order valence-electron chi connectivity index (χ1n) is 18.1. The van der Waals surface area contributed by atoms with E-state index in [4.69, 9.17) is 9.47 Å². The Morgan fingerprint density at radius 3 is 2.53 bits per heavy atom. The van der Waals surface area contributed by atoms with Crippen molar-refractivity contribution in [2.45, 2.75) is 93.1 Å². The second-order valence-electron chi connectivity index (χ2n) is 14.5. The van der Waals surface area contributed by atoms with E-state index >= 15 is 0 Å². The number of para-hydroxylation sites is 2. The number of alkyl carbamates (subject to hydrolysis) is 1. The summed E-state index contributed by atoms with van der Waals surface area (Å²) in [7, 11) is -3.92. The summed E-state index contributed by atoms with van der Waals surface area (Å²) in [5, 5.41) is 4.66. The fourth-order valence-electron chi connectivity index (χ4n) is 7.12. The smallest absolute Gasteiger partial charge is 0.408 e. The Balaban J connectivity index is 1.25. The molecule has 2 aromatic rings. The summed E-state index contributed by atoms with van der Waals surface area (Å²) in [5.41, 5.74) is -0.175. The molecule has 5 aliphatic rings. The number of rotatable bonds is 3. The van der Waals surface area contributed by atoms with Gasteiger partial charge >= 0.3 is 6.09 Å². The van der Waals surface area contributed by atoms with Crippen LogP contribution in [0.2, 0.25) is 0 Å². The van der Waals surface area contributed by atoms with E-state index in [0.29, 0.717) is 61.3 Å². The first-order valence-corrected chi connectivity index (χ1v) is 19.6. The Morgan fingerprint density at radius 2 is 1.75 bits per heavy atom. The molecule has 4 amide bonds. The van der Waals surface area contributed by atoms with Crippen LogP contribution in [0.3, 0.4) is 0 Å². The molecule has 284 valence electrons. The van der Waals surface area contributed by atoms with Crippen LogP contribution in [0.4, 0.5) is 13.6 Å². The van der Waals surface area contributed by atoms with E-state index in [1.54, 1.807) is 24.3 Å². The Labute approximate surface area is 305 Å². The number of amides is 4. The number of aryl methyl sites for hydroxylation is 1. The van der Waals surface area contributed by atoms with Gasteiger partial charge in [-0.1, -0.05) is 43.2 Å². The predicted molar refractivity (Wildman–Crippen MR) is 186 cm³/mol. The van der Waals surface area contributed by atoms with Gasteiger partial charge in [0.2, 0.25) is 27.7 Å². The van der Waals surface area contributed by atoms with Crippen LogP contribution < -0.4 is 20.1 Å². The lowest BCUT2D eigenvalue weighted by Gasteiger charge is -2.25. The van der Waals surface area contributed by atoms with Gasteiger partial charge in [-0.05, 0) is 69.6 Å². The van der Waals surface area contributed by atoms with Crippen LogP contribution in [0.1, 0.15) is 63.5 Å². The highest BCUT2D eigenvalue weighted by molar-refractivity contribution is 7.91. The molecule has 4 heterocycles. The summed E-state index contributed by atoms with van der Waals surface area (Å²) in [4.78, 5) is 65.6. The average molecular weight is 757 g/mol. The number of hydrogen-bond acceptors (Lipinski definition) is 10. The number of aromatic nitrogens is 2. The number of carbonyl (C=O) groups is 4. The van der Waals surface area contributed by atoms with Gasteiger partial charge < -0.3 is 25.0 Å². The fourth-order valence-corrected chi connectivity index (χ4v) is 8.48. The largest absolute Gasteiger partial charge is 0.470 e. The number of benzene rings is 1. The standard InChI is InChI=1S/C36H42F2N6O8S/c37-35(38)17-9-8-13-27-31(40-26-12-7-6-11-25(26)39-27)52-29-20-44-19-24(29)30(45)42-36(33(47)43-53(49,50)23-15-16-23)18-22(36)10-4-2-1-3-5-14-28(32(44)46)41-34(48)51-21-35/h4,6-7,9-12,17,22-24,28-29H,1-3,5,8,13-16,18-21H2,(H,41,48)(H,42,45)(H,43,47)/b10-4+,17-9+/t22-,24?,28+,29+,36+/m1/s1. The monoisotopic (exact) mass is 756 g/mol. The molecule has 0 spiro atoms. The molecule has 2 saturated carbocycles. The summed E-state index contributed by atoms with van der Waals surface area (Å²) >= 11 is 0. The zero-order chi connectivity index (χ0) is 37.4. The van der Waals surface area contributed by atoms with Gasteiger partial charge in [0.05, 0.1) is 28.7 Å². The maximum Gasteiger partial charge on any atom is 0.408 e. The lowest BCUT2D eigenvalue weighted by molar-refractivity contribution is -0.134. The molecule has 17 heteroatoms. The number of allylic oxidation sites excluding steroid dienone is 2. The minimum absolute atomic E-state index is 0.0552. The number of fused-ring (bicyclic) bond motifs is 7. The molecule has 1 aromatic carbocycles. The van der Waals surface area contributed by atoms with Crippen LogP contribution in [-0.2, 0) is 35.6 Å². The van der Waals surface area contributed by atoms with Crippen molar-refractivity contribution in [2.24, 2.45) is 11.8 Å².